The Morgan fingerprint density at radius 2 is 2.17 bits per heavy atom. The van der Waals surface area contributed by atoms with E-state index in [0.717, 1.165) is 6.07 Å². The lowest BCUT2D eigenvalue weighted by atomic mass is 9.98. The van der Waals surface area contributed by atoms with Gasteiger partial charge in [-0.05, 0) is 12.5 Å². The maximum absolute atomic E-state index is 11.4. The van der Waals surface area contributed by atoms with Crippen LogP contribution >= 0.6 is 0 Å². The maximum Gasteiger partial charge on any atom is 0.301 e. The number of aliphatic hydroxyl groups excluding tert-OH is 3. The molecule has 0 aliphatic carbocycles. The summed E-state index contributed by atoms with van der Waals surface area (Å²) in [4.78, 5) is 17.6. The summed E-state index contributed by atoms with van der Waals surface area (Å²) >= 11 is 0. The third kappa shape index (κ3) is 3.60. The van der Waals surface area contributed by atoms with Crippen molar-refractivity contribution in [3.05, 3.63) is 33.1 Å². The van der Waals surface area contributed by atoms with Gasteiger partial charge in [-0.2, -0.15) is 4.98 Å². The van der Waals surface area contributed by atoms with E-state index in [1.54, 1.807) is 6.92 Å². The predicted octanol–water partition coefficient (Wildman–Crippen LogP) is -1.07. The largest absolute Gasteiger partial charge is 0.465 e. The van der Waals surface area contributed by atoms with E-state index in [4.69, 9.17) is 15.0 Å². The SMILES string of the molecule is CCOc1nc(=O)ccn1[C@@H]1O[C@H](CN=[N+]=[N-])[C@@H](O)[C@H](O)[C@H]1O. The highest BCUT2D eigenvalue weighted by molar-refractivity contribution is 5.03. The Kier molecular flexibility index (Phi) is 5.53. The van der Waals surface area contributed by atoms with Gasteiger partial charge >= 0.3 is 6.01 Å². The van der Waals surface area contributed by atoms with Gasteiger partial charge in [0.2, 0.25) is 0 Å². The van der Waals surface area contributed by atoms with Gasteiger partial charge in [0.1, 0.15) is 18.3 Å². The van der Waals surface area contributed by atoms with Crippen LogP contribution in [0.2, 0.25) is 0 Å². The van der Waals surface area contributed by atoms with Crippen LogP contribution in [0.3, 0.4) is 0 Å². The fourth-order valence-electron chi connectivity index (χ4n) is 2.26. The molecule has 0 radical (unpaired) electrons. The fraction of sp³-hybridized carbons (Fsp3) is 0.667. The average molecular weight is 327 g/mol. The zero-order chi connectivity index (χ0) is 17.0. The van der Waals surface area contributed by atoms with E-state index in [1.807, 2.05) is 0 Å². The first kappa shape index (κ1) is 17.2. The van der Waals surface area contributed by atoms with Crippen molar-refractivity contribution in [2.24, 2.45) is 5.11 Å². The second-order valence-electron chi connectivity index (χ2n) is 4.84. The van der Waals surface area contributed by atoms with Crippen molar-refractivity contribution in [3.63, 3.8) is 0 Å². The molecule has 11 heteroatoms. The van der Waals surface area contributed by atoms with Crippen molar-refractivity contribution < 1.29 is 24.8 Å². The second-order valence-corrected chi connectivity index (χ2v) is 4.84. The summed E-state index contributed by atoms with van der Waals surface area (Å²) in [6.07, 6.45) is -5.40. The normalized spacial score (nSPS) is 30.5. The number of hydrogen-bond donors (Lipinski definition) is 3. The highest BCUT2D eigenvalue weighted by atomic mass is 16.6. The van der Waals surface area contributed by atoms with Crippen LogP contribution in [0.1, 0.15) is 13.2 Å². The lowest BCUT2D eigenvalue weighted by Crippen LogP contribution is -2.56. The third-order valence-corrected chi connectivity index (χ3v) is 3.36. The van der Waals surface area contributed by atoms with Crippen LogP contribution in [0.15, 0.2) is 22.2 Å². The Morgan fingerprint density at radius 1 is 1.43 bits per heavy atom. The van der Waals surface area contributed by atoms with E-state index in [0.29, 0.717) is 0 Å². The molecule has 126 valence electrons. The average Bonchev–Trinajstić information content (AvgIpc) is 2.53. The molecule has 1 aromatic heterocycles. The summed E-state index contributed by atoms with van der Waals surface area (Å²) in [6.45, 7) is 1.66. The van der Waals surface area contributed by atoms with Crippen molar-refractivity contribution in [1.29, 1.82) is 0 Å². The first-order valence-corrected chi connectivity index (χ1v) is 6.92. The minimum atomic E-state index is -1.54. The number of aromatic nitrogens is 2. The molecule has 0 saturated carbocycles. The van der Waals surface area contributed by atoms with Crippen molar-refractivity contribution in [3.8, 4) is 6.01 Å². The van der Waals surface area contributed by atoms with Gasteiger partial charge in [-0.3, -0.25) is 9.36 Å². The molecule has 1 saturated heterocycles. The maximum atomic E-state index is 11.4. The highest BCUT2D eigenvalue weighted by Gasteiger charge is 2.44. The van der Waals surface area contributed by atoms with Crippen LogP contribution < -0.4 is 10.3 Å². The summed E-state index contributed by atoms with van der Waals surface area (Å²) in [5.41, 5.74) is 7.83. The zero-order valence-corrected chi connectivity index (χ0v) is 12.3. The summed E-state index contributed by atoms with van der Waals surface area (Å²) < 4.78 is 12.0. The van der Waals surface area contributed by atoms with Gasteiger partial charge in [0.05, 0.1) is 19.3 Å². The van der Waals surface area contributed by atoms with Crippen LogP contribution in [0.4, 0.5) is 0 Å². The fourth-order valence-corrected chi connectivity index (χ4v) is 2.26. The van der Waals surface area contributed by atoms with Gasteiger partial charge in [0.15, 0.2) is 6.23 Å². The quantitative estimate of drug-likeness (QED) is 0.352. The topological polar surface area (TPSA) is 163 Å². The van der Waals surface area contributed by atoms with E-state index >= 15 is 0 Å². The van der Waals surface area contributed by atoms with Crippen LogP contribution in [-0.2, 0) is 4.74 Å². The lowest BCUT2D eigenvalue weighted by Gasteiger charge is -2.41. The molecule has 0 amide bonds. The first-order valence-electron chi connectivity index (χ1n) is 6.92. The molecule has 0 bridgehead atoms. The van der Waals surface area contributed by atoms with Crippen molar-refractivity contribution >= 4 is 0 Å². The molecular formula is C12H17N5O6. The van der Waals surface area contributed by atoms with Crippen LogP contribution in [0, 0.1) is 0 Å². The van der Waals surface area contributed by atoms with Gasteiger partial charge in [-0.25, -0.2) is 0 Å². The Morgan fingerprint density at radius 3 is 2.83 bits per heavy atom. The van der Waals surface area contributed by atoms with Gasteiger partial charge in [-0.1, -0.05) is 5.11 Å². The molecule has 0 aromatic carbocycles. The van der Waals surface area contributed by atoms with Crippen molar-refractivity contribution in [2.45, 2.75) is 37.6 Å². The number of azide groups is 1. The van der Waals surface area contributed by atoms with Gasteiger partial charge < -0.3 is 24.8 Å². The Hall–Kier alpha value is -2.17. The number of ether oxygens (including phenoxy) is 2. The minimum Gasteiger partial charge on any atom is -0.465 e. The van der Waals surface area contributed by atoms with E-state index in [2.05, 4.69) is 15.0 Å². The van der Waals surface area contributed by atoms with Gasteiger partial charge in [0, 0.05) is 17.2 Å². The molecule has 0 spiro atoms. The molecule has 1 aliphatic heterocycles. The number of aliphatic hydroxyl groups is 3. The molecule has 2 rings (SSSR count). The van der Waals surface area contributed by atoms with E-state index in [9.17, 15) is 20.1 Å². The van der Waals surface area contributed by atoms with Gasteiger partial charge in [-0.15, -0.1) is 0 Å². The molecule has 1 fully saturated rings. The Bertz CT molecular complexity index is 645. The first-order chi connectivity index (χ1) is 11.0. The van der Waals surface area contributed by atoms with Crippen molar-refractivity contribution in [2.75, 3.05) is 13.2 Å². The monoisotopic (exact) mass is 327 g/mol. The highest BCUT2D eigenvalue weighted by Crippen LogP contribution is 2.30. The molecule has 5 atom stereocenters. The van der Waals surface area contributed by atoms with E-state index in [-0.39, 0.29) is 19.2 Å². The summed E-state index contributed by atoms with van der Waals surface area (Å²) in [5, 5.41) is 33.3. The molecule has 1 aromatic rings. The molecule has 1 aliphatic rings. The third-order valence-electron chi connectivity index (χ3n) is 3.36. The smallest absolute Gasteiger partial charge is 0.301 e. The van der Waals surface area contributed by atoms with E-state index < -0.39 is 36.2 Å². The summed E-state index contributed by atoms with van der Waals surface area (Å²) in [7, 11) is 0. The predicted molar refractivity (Wildman–Crippen MR) is 75.6 cm³/mol. The standard InChI is InChI=1S/C12H17N5O6/c1-2-22-12-15-7(18)3-4-17(12)11-10(21)9(20)8(19)6(23-11)5-14-16-13/h3-4,6,8-11,19-21H,2,5H2,1H3/t6-,8-,9+,10-,11-/m1/s1. The van der Waals surface area contributed by atoms with Crippen LogP contribution in [-0.4, -0.2) is 62.4 Å². The molecular weight excluding hydrogens is 310 g/mol. The minimum absolute atomic E-state index is 0.102. The summed E-state index contributed by atoms with van der Waals surface area (Å²) in [6, 6.07) is 1.04. The molecule has 0 unspecified atom stereocenters. The second kappa shape index (κ2) is 7.40. The number of nitrogens with zero attached hydrogens (tertiary/aromatic N) is 5. The zero-order valence-electron chi connectivity index (χ0n) is 12.3. The van der Waals surface area contributed by atoms with Crippen molar-refractivity contribution in [1.82, 2.24) is 9.55 Å². The summed E-state index contributed by atoms with van der Waals surface area (Å²) in [5.74, 6) is 0. The van der Waals surface area contributed by atoms with Crippen LogP contribution in [0.5, 0.6) is 6.01 Å². The Balaban J connectivity index is 2.36. The lowest BCUT2D eigenvalue weighted by molar-refractivity contribution is -0.243. The number of rotatable bonds is 5. The molecule has 11 nitrogen and oxygen atoms in total. The molecule has 23 heavy (non-hydrogen) atoms. The Labute approximate surface area is 130 Å². The molecule has 3 N–H and O–H groups in total. The van der Waals surface area contributed by atoms with E-state index in [1.165, 1.54) is 10.8 Å². The van der Waals surface area contributed by atoms with Crippen LogP contribution in [0.25, 0.3) is 10.4 Å². The number of hydrogen-bond acceptors (Lipinski definition) is 8. The molecule has 2 heterocycles. The van der Waals surface area contributed by atoms with Gasteiger partial charge in [0.25, 0.3) is 5.56 Å².